The third kappa shape index (κ3) is 5.05. The first-order valence-electron chi connectivity index (χ1n) is 8.89. The summed E-state index contributed by atoms with van der Waals surface area (Å²) < 4.78 is 5.40. The number of phenols is 1. The largest absolute Gasteiger partial charge is 0.508 e. The van der Waals surface area contributed by atoms with E-state index in [2.05, 4.69) is 17.0 Å². The molecule has 0 spiro atoms. The Morgan fingerprint density at radius 3 is 2.48 bits per heavy atom. The molecule has 1 fully saturated rings. The standard InChI is InChI=1S/C21H27NO3/c1-17-7-8-20(23)19(13-17)15-22(14-18-5-3-2-4-6-18)16-21(24)9-11-25-12-10-21/h2-8,13,23-24H,9-12,14-16H2,1H3. The number of aliphatic hydroxyl groups is 1. The Labute approximate surface area is 149 Å². The Morgan fingerprint density at radius 1 is 1.04 bits per heavy atom. The summed E-state index contributed by atoms with van der Waals surface area (Å²) in [6.45, 7) is 5.13. The van der Waals surface area contributed by atoms with E-state index in [4.69, 9.17) is 4.74 Å². The quantitative estimate of drug-likeness (QED) is 0.847. The second-order valence-corrected chi connectivity index (χ2v) is 7.10. The Balaban J connectivity index is 1.79. The first-order chi connectivity index (χ1) is 12.0. The van der Waals surface area contributed by atoms with Crippen LogP contribution in [0.25, 0.3) is 0 Å². The lowest BCUT2D eigenvalue weighted by atomic mass is 9.93. The smallest absolute Gasteiger partial charge is 0.120 e. The van der Waals surface area contributed by atoms with E-state index in [0.29, 0.717) is 44.9 Å². The van der Waals surface area contributed by atoms with Crippen LogP contribution in [0.4, 0.5) is 0 Å². The maximum Gasteiger partial charge on any atom is 0.120 e. The minimum absolute atomic E-state index is 0.308. The second kappa shape index (κ2) is 8.00. The van der Waals surface area contributed by atoms with Crippen LogP contribution in [0.2, 0.25) is 0 Å². The molecule has 0 saturated carbocycles. The van der Waals surface area contributed by atoms with Crippen molar-refractivity contribution < 1.29 is 14.9 Å². The van der Waals surface area contributed by atoms with Crippen LogP contribution in [0.1, 0.15) is 29.5 Å². The molecule has 2 aromatic rings. The van der Waals surface area contributed by atoms with Gasteiger partial charge in [-0.05, 0) is 18.6 Å². The minimum atomic E-state index is -0.730. The molecule has 4 nitrogen and oxygen atoms in total. The Kier molecular flexibility index (Phi) is 5.74. The second-order valence-electron chi connectivity index (χ2n) is 7.10. The number of aryl methyl sites for hydroxylation is 1. The van der Waals surface area contributed by atoms with Gasteiger partial charge in [0.25, 0.3) is 0 Å². The zero-order valence-electron chi connectivity index (χ0n) is 14.8. The lowest BCUT2D eigenvalue weighted by Crippen LogP contribution is -2.46. The molecule has 0 atom stereocenters. The van der Waals surface area contributed by atoms with E-state index in [9.17, 15) is 10.2 Å². The highest BCUT2D eigenvalue weighted by atomic mass is 16.5. The van der Waals surface area contributed by atoms with Gasteiger partial charge < -0.3 is 14.9 Å². The molecule has 1 aliphatic heterocycles. The van der Waals surface area contributed by atoms with Crippen molar-refractivity contribution in [2.75, 3.05) is 19.8 Å². The van der Waals surface area contributed by atoms with Gasteiger partial charge in [-0.25, -0.2) is 0 Å². The highest BCUT2D eigenvalue weighted by Gasteiger charge is 2.32. The first-order valence-corrected chi connectivity index (χ1v) is 8.89. The average Bonchev–Trinajstić information content (AvgIpc) is 2.59. The molecule has 0 amide bonds. The van der Waals surface area contributed by atoms with Crippen LogP contribution in [0, 0.1) is 6.92 Å². The van der Waals surface area contributed by atoms with Crippen LogP contribution in [-0.2, 0) is 17.8 Å². The molecule has 2 aromatic carbocycles. The fraction of sp³-hybridized carbons (Fsp3) is 0.429. The highest BCUT2D eigenvalue weighted by Crippen LogP contribution is 2.26. The van der Waals surface area contributed by atoms with Crippen molar-refractivity contribution >= 4 is 0 Å². The zero-order chi connectivity index (χ0) is 17.7. The topological polar surface area (TPSA) is 52.9 Å². The number of phenolic OH excluding ortho intramolecular Hbond substituents is 1. The first kappa shape index (κ1) is 17.9. The third-order valence-electron chi connectivity index (χ3n) is 4.82. The molecule has 3 rings (SSSR count). The van der Waals surface area contributed by atoms with Crippen molar-refractivity contribution in [1.29, 1.82) is 0 Å². The Hall–Kier alpha value is -1.88. The van der Waals surface area contributed by atoms with Gasteiger partial charge >= 0.3 is 0 Å². The molecule has 0 aromatic heterocycles. The summed E-state index contributed by atoms with van der Waals surface area (Å²) in [6.07, 6.45) is 1.30. The van der Waals surface area contributed by atoms with Crippen molar-refractivity contribution in [3.8, 4) is 5.75 Å². The van der Waals surface area contributed by atoms with E-state index in [1.54, 1.807) is 6.07 Å². The summed E-state index contributed by atoms with van der Waals surface area (Å²) in [5.41, 5.74) is 2.49. The molecule has 134 valence electrons. The summed E-state index contributed by atoms with van der Waals surface area (Å²) >= 11 is 0. The molecule has 1 saturated heterocycles. The molecule has 25 heavy (non-hydrogen) atoms. The molecule has 1 heterocycles. The fourth-order valence-corrected chi connectivity index (χ4v) is 3.42. The van der Waals surface area contributed by atoms with E-state index in [1.807, 2.05) is 37.3 Å². The third-order valence-corrected chi connectivity index (χ3v) is 4.82. The maximum absolute atomic E-state index is 10.9. The Morgan fingerprint density at radius 2 is 1.76 bits per heavy atom. The lowest BCUT2D eigenvalue weighted by molar-refractivity contribution is -0.0821. The molecule has 0 aliphatic carbocycles. The SMILES string of the molecule is Cc1ccc(O)c(CN(Cc2ccccc2)CC2(O)CCOCC2)c1. The number of ether oxygens (including phenoxy) is 1. The molecular formula is C21H27NO3. The number of hydrogen-bond donors (Lipinski definition) is 2. The molecule has 0 bridgehead atoms. The van der Waals surface area contributed by atoms with Gasteiger partial charge in [0, 0.05) is 51.3 Å². The van der Waals surface area contributed by atoms with Crippen LogP contribution in [0.3, 0.4) is 0 Å². The van der Waals surface area contributed by atoms with Gasteiger partial charge in [-0.15, -0.1) is 0 Å². The molecule has 2 N–H and O–H groups in total. The summed E-state index contributed by atoms with van der Waals surface area (Å²) in [4.78, 5) is 2.22. The van der Waals surface area contributed by atoms with E-state index >= 15 is 0 Å². The number of nitrogens with zero attached hydrogens (tertiary/aromatic N) is 1. The number of aromatic hydroxyl groups is 1. The minimum Gasteiger partial charge on any atom is -0.508 e. The average molecular weight is 341 g/mol. The molecule has 1 aliphatic rings. The van der Waals surface area contributed by atoms with Gasteiger partial charge in [-0.1, -0.05) is 48.0 Å². The van der Waals surface area contributed by atoms with E-state index in [1.165, 1.54) is 5.56 Å². The predicted octanol–water partition coefficient (Wildman–Crippen LogP) is 3.24. The fourth-order valence-electron chi connectivity index (χ4n) is 3.42. The summed E-state index contributed by atoms with van der Waals surface area (Å²) in [5, 5.41) is 21.1. The van der Waals surface area contributed by atoms with Crippen molar-refractivity contribution in [3.63, 3.8) is 0 Å². The van der Waals surface area contributed by atoms with E-state index < -0.39 is 5.60 Å². The van der Waals surface area contributed by atoms with E-state index in [-0.39, 0.29) is 0 Å². The van der Waals surface area contributed by atoms with Gasteiger partial charge in [0.05, 0.1) is 5.60 Å². The molecule has 0 unspecified atom stereocenters. The number of hydrogen-bond acceptors (Lipinski definition) is 4. The van der Waals surface area contributed by atoms with Crippen molar-refractivity contribution in [3.05, 3.63) is 65.2 Å². The van der Waals surface area contributed by atoms with Gasteiger partial charge in [0.15, 0.2) is 0 Å². The Bertz CT molecular complexity index is 681. The summed E-state index contributed by atoms with van der Waals surface area (Å²) in [7, 11) is 0. The van der Waals surface area contributed by atoms with Crippen LogP contribution in [0.15, 0.2) is 48.5 Å². The van der Waals surface area contributed by atoms with E-state index in [0.717, 1.165) is 17.7 Å². The van der Waals surface area contributed by atoms with Gasteiger partial charge in [-0.2, -0.15) is 0 Å². The monoisotopic (exact) mass is 341 g/mol. The van der Waals surface area contributed by atoms with Gasteiger partial charge in [0.2, 0.25) is 0 Å². The van der Waals surface area contributed by atoms with Crippen molar-refractivity contribution in [2.24, 2.45) is 0 Å². The highest BCUT2D eigenvalue weighted by molar-refractivity contribution is 5.35. The molecular weight excluding hydrogens is 314 g/mol. The lowest BCUT2D eigenvalue weighted by Gasteiger charge is -2.37. The maximum atomic E-state index is 10.9. The van der Waals surface area contributed by atoms with Gasteiger partial charge in [-0.3, -0.25) is 4.90 Å². The molecule has 4 heteroatoms. The van der Waals surface area contributed by atoms with Crippen LogP contribution < -0.4 is 0 Å². The normalized spacial score (nSPS) is 16.9. The summed E-state index contributed by atoms with van der Waals surface area (Å²) in [6, 6.07) is 15.9. The molecule has 0 radical (unpaired) electrons. The van der Waals surface area contributed by atoms with Crippen LogP contribution in [0.5, 0.6) is 5.75 Å². The predicted molar refractivity (Wildman–Crippen MR) is 98.4 cm³/mol. The van der Waals surface area contributed by atoms with Crippen LogP contribution >= 0.6 is 0 Å². The van der Waals surface area contributed by atoms with Crippen molar-refractivity contribution in [1.82, 2.24) is 4.90 Å². The number of benzene rings is 2. The van der Waals surface area contributed by atoms with Crippen molar-refractivity contribution in [2.45, 2.75) is 38.5 Å². The van der Waals surface area contributed by atoms with Crippen LogP contribution in [-0.4, -0.2) is 40.5 Å². The summed E-state index contributed by atoms with van der Waals surface area (Å²) in [5.74, 6) is 0.308. The zero-order valence-corrected chi connectivity index (χ0v) is 14.8. The number of rotatable bonds is 6. The van der Waals surface area contributed by atoms with Gasteiger partial charge in [0.1, 0.15) is 5.75 Å².